The van der Waals surface area contributed by atoms with E-state index >= 15 is 0 Å². The van der Waals surface area contributed by atoms with E-state index in [9.17, 15) is 13.2 Å². The fourth-order valence-corrected chi connectivity index (χ4v) is 1.29. The summed E-state index contributed by atoms with van der Waals surface area (Å²) >= 11 is 5.30. The molecular formula is C6H5ClF3N. The third-order valence-electron chi connectivity index (χ3n) is 1.76. The van der Waals surface area contributed by atoms with Gasteiger partial charge < -0.3 is 0 Å². The number of hydrogen-bond acceptors (Lipinski definition) is 1. The quantitative estimate of drug-likeness (QED) is 0.573. The molecule has 3 atom stereocenters. The Bertz CT molecular complexity index is 195. The molecule has 5 heteroatoms. The number of hydrogen-bond donors (Lipinski definition) is 0. The van der Waals surface area contributed by atoms with E-state index in [2.05, 4.69) is 0 Å². The van der Waals surface area contributed by atoms with Crippen LogP contribution < -0.4 is 0 Å². The van der Waals surface area contributed by atoms with Crippen molar-refractivity contribution in [3.8, 4) is 6.07 Å². The summed E-state index contributed by atoms with van der Waals surface area (Å²) in [4.78, 5) is 0. The largest absolute Gasteiger partial charge is 0.392 e. The molecule has 1 rings (SSSR count). The maximum atomic E-state index is 11.8. The SMILES string of the molecule is N#CC(Cl)[C@@H]1C[C@H]1C(F)(F)F. The first-order chi connectivity index (χ1) is 4.96. The Morgan fingerprint density at radius 1 is 1.55 bits per heavy atom. The van der Waals surface area contributed by atoms with E-state index < -0.39 is 23.4 Å². The van der Waals surface area contributed by atoms with Crippen LogP contribution >= 0.6 is 11.6 Å². The highest BCUT2D eigenvalue weighted by molar-refractivity contribution is 6.22. The fraction of sp³-hybridized carbons (Fsp3) is 0.833. The van der Waals surface area contributed by atoms with Crippen LogP contribution in [-0.4, -0.2) is 11.6 Å². The monoisotopic (exact) mass is 183 g/mol. The van der Waals surface area contributed by atoms with Crippen LogP contribution in [0.1, 0.15) is 6.42 Å². The lowest BCUT2D eigenvalue weighted by molar-refractivity contribution is -0.150. The topological polar surface area (TPSA) is 23.8 Å². The van der Waals surface area contributed by atoms with Crippen molar-refractivity contribution in [1.82, 2.24) is 0 Å². The summed E-state index contributed by atoms with van der Waals surface area (Å²) in [7, 11) is 0. The molecule has 1 unspecified atom stereocenters. The molecule has 0 heterocycles. The minimum Gasteiger partial charge on any atom is -0.197 e. The van der Waals surface area contributed by atoms with E-state index in [1.54, 1.807) is 6.07 Å². The molecule has 0 radical (unpaired) electrons. The van der Waals surface area contributed by atoms with E-state index in [1.807, 2.05) is 0 Å². The summed E-state index contributed by atoms with van der Waals surface area (Å²) < 4.78 is 35.5. The number of nitrogens with zero attached hydrogens (tertiary/aromatic N) is 1. The van der Waals surface area contributed by atoms with Gasteiger partial charge in [-0.2, -0.15) is 18.4 Å². The summed E-state index contributed by atoms with van der Waals surface area (Å²) in [5, 5.41) is 7.19. The van der Waals surface area contributed by atoms with E-state index in [4.69, 9.17) is 16.9 Å². The van der Waals surface area contributed by atoms with Crippen LogP contribution in [0.15, 0.2) is 0 Å². The van der Waals surface area contributed by atoms with E-state index in [1.165, 1.54) is 0 Å². The van der Waals surface area contributed by atoms with Crippen LogP contribution in [0.4, 0.5) is 13.2 Å². The maximum Gasteiger partial charge on any atom is 0.392 e. The van der Waals surface area contributed by atoms with Gasteiger partial charge in [-0.25, -0.2) is 0 Å². The molecule has 0 aromatic rings. The Morgan fingerprint density at radius 2 is 2.09 bits per heavy atom. The molecule has 0 aromatic carbocycles. The highest BCUT2D eigenvalue weighted by Crippen LogP contribution is 2.52. The van der Waals surface area contributed by atoms with Crippen LogP contribution in [0, 0.1) is 23.2 Å². The predicted octanol–water partition coefficient (Wildman–Crippen LogP) is 2.32. The van der Waals surface area contributed by atoms with Crippen molar-refractivity contribution in [2.24, 2.45) is 11.8 Å². The second kappa shape index (κ2) is 2.56. The first-order valence-electron chi connectivity index (χ1n) is 3.07. The molecule has 62 valence electrons. The summed E-state index contributed by atoms with van der Waals surface area (Å²) in [6, 6.07) is 1.59. The predicted molar refractivity (Wildman–Crippen MR) is 32.9 cm³/mol. The van der Waals surface area contributed by atoms with Gasteiger partial charge in [0, 0.05) is 5.92 Å². The van der Waals surface area contributed by atoms with Crippen molar-refractivity contribution in [2.75, 3.05) is 0 Å². The van der Waals surface area contributed by atoms with Gasteiger partial charge >= 0.3 is 6.18 Å². The zero-order valence-corrected chi connectivity index (χ0v) is 6.15. The van der Waals surface area contributed by atoms with E-state index in [-0.39, 0.29) is 6.42 Å². The van der Waals surface area contributed by atoms with Gasteiger partial charge in [0.05, 0.1) is 12.0 Å². The molecule has 0 aliphatic heterocycles. The third kappa shape index (κ3) is 1.78. The first-order valence-corrected chi connectivity index (χ1v) is 3.51. The number of alkyl halides is 4. The zero-order chi connectivity index (χ0) is 8.65. The first kappa shape index (κ1) is 8.66. The van der Waals surface area contributed by atoms with Gasteiger partial charge in [0.2, 0.25) is 0 Å². The van der Waals surface area contributed by atoms with Gasteiger partial charge in [-0.15, -0.1) is 11.6 Å². The molecule has 0 amide bonds. The van der Waals surface area contributed by atoms with Gasteiger partial charge in [-0.3, -0.25) is 0 Å². The molecule has 1 aliphatic rings. The lowest BCUT2D eigenvalue weighted by atomic mass is 10.2. The lowest BCUT2D eigenvalue weighted by Crippen LogP contribution is -2.14. The molecule has 0 saturated heterocycles. The Labute approximate surface area is 66.8 Å². The molecule has 0 spiro atoms. The molecule has 1 nitrogen and oxygen atoms in total. The Kier molecular flexibility index (Phi) is 2.02. The standard InChI is InChI=1S/C6H5ClF3N/c7-5(2-11)3-1-4(3)6(8,9)10/h3-5H,1H2/t3-,4-,5?/m1/s1. The Hall–Kier alpha value is -0.430. The molecule has 0 bridgehead atoms. The van der Waals surface area contributed by atoms with Crippen LogP contribution in [-0.2, 0) is 0 Å². The fourth-order valence-electron chi connectivity index (χ4n) is 1.01. The van der Waals surface area contributed by atoms with E-state index in [0.717, 1.165) is 0 Å². The summed E-state index contributed by atoms with van der Waals surface area (Å²) in [6.45, 7) is 0. The van der Waals surface area contributed by atoms with Crippen molar-refractivity contribution < 1.29 is 13.2 Å². The zero-order valence-electron chi connectivity index (χ0n) is 5.40. The second-order valence-corrected chi connectivity index (χ2v) is 3.05. The van der Waals surface area contributed by atoms with Crippen LogP contribution in [0.2, 0.25) is 0 Å². The molecular weight excluding hydrogens is 179 g/mol. The van der Waals surface area contributed by atoms with Gasteiger partial charge in [-0.1, -0.05) is 0 Å². The minimum atomic E-state index is -4.17. The van der Waals surface area contributed by atoms with Crippen molar-refractivity contribution in [2.45, 2.75) is 18.0 Å². The number of halogens is 4. The minimum absolute atomic E-state index is 0.00519. The normalized spacial score (nSPS) is 32.6. The van der Waals surface area contributed by atoms with Gasteiger partial charge in [0.15, 0.2) is 0 Å². The molecule has 1 aliphatic carbocycles. The number of nitriles is 1. The average molecular weight is 184 g/mol. The summed E-state index contributed by atoms with van der Waals surface area (Å²) in [5.74, 6) is -2.02. The summed E-state index contributed by atoms with van der Waals surface area (Å²) in [5.41, 5.74) is 0. The molecule has 11 heavy (non-hydrogen) atoms. The van der Waals surface area contributed by atoms with Gasteiger partial charge in [0.25, 0.3) is 0 Å². The van der Waals surface area contributed by atoms with Crippen LogP contribution in [0.3, 0.4) is 0 Å². The molecule has 1 fully saturated rings. The highest BCUT2D eigenvalue weighted by Gasteiger charge is 2.58. The van der Waals surface area contributed by atoms with Crippen molar-refractivity contribution in [1.29, 1.82) is 5.26 Å². The van der Waals surface area contributed by atoms with Crippen molar-refractivity contribution >= 4 is 11.6 Å². The Morgan fingerprint density at radius 3 is 2.36 bits per heavy atom. The van der Waals surface area contributed by atoms with Gasteiger partial charge in [-0.05, 0) is 6.42 Å². The molecule has 0 aromatic heterocycles. The van der Waals surface area contributed by atoms with Crippen molar-refractivity contribution in [3.05, 3.63) is 0 Å². The van der Waals surface area contributed by atoms with E-state index in [0.29, 0.717) is 0 Å². The van der Waals surface area contributed by atoms with Crippen LogP contribution in [0.5, 0.6) is 0 Å². The Balaban J connectivity index is 2.45. The lowest BCUT2D eigenvalue weighted by Gasteiger charge is -2.04. The van der Waals surface area contributed by atoms with Crippen molar-refractivity contribution in [3.63, 3.8) is 0 Å². The smallest absolute Gasteiger partial charge is 0.197 e. The highest BCUT2D eigenvalue weighted by atomic mass is 35.5. The molecule has 1 saturated carbocycles. The average Bonchev–Trinajstić information content (AvgIpc) is 2.62. The van der Waals surface area contributed by atoms with Crippen LogP contribution in [0.25, 0.3) is 0 Å². The summed E-state index contributed by atoms with van der Waals surface area (Å²) in [6.07, 6.45) is -4.17. The third-order valence-corrected chi connectivity index (χ3v) is 2.18. The number of rotatable bonds is 1. The second-order valence-electron chi connectivity index (χ2n) is 2.58. The maximum absolute atomic E-state index is 11.8. The molecule has 0 N–H and O–H groups in total. The van der Waals surface area contributed by atoms with Gasteiger partial charge in [0.1, 0.15) is 5.38 Å².